The molecule has 5 rings (SSSR count). The van der Waals surface area contributed by atoms with E-state index in [1.807, 2.05) is 24.3 Å². The van der Waals surface area contributed by atoms with E-state index in [2.05, 4.69) is 15.6 Å². The first-order valence-corrected chi connectivity index (χ1v) is 10.2. The highest BCUT2D eigenvalue weighted by Gasteiger charge is 2.18. The van der Waals surface area contributed by atoms with Crippen molar-refractivity contribution in [3.63, 3.8) is 0 Å². The van der Waals surface area contributed by atoms with Crippen molar-refractivity contribution in [1.82, 2.24) is 4.98 Å². The lowest BCUT2D eigenvalue weighted by atomic mass is 10.1. The molecular weight excluding hydrogens is 374 g/mol. The monoisotopic (exact) mass is 393 g/mol. The number of amides is 1. The number of hydrogen-bond acceptors (Lipinski definition) is 6. The van der Waals surface area contributed by atoms with Gasteiger partial charge in [-0.25, -0.2) is 4.98 Å². The molecule has 0 spiro atoms. The fourth-order valence-corrected chi connectivity index (χ4v) is 4.34. The molecule has 6 nitrogen and oxygen atoms in total. The van der Waals surface area contributed by atoms with Crippen LogP contribution < -0.4 is 19.7 Å². The second-order valence-corrected chi connectivity index (χ2v) is 7.65. The number of thiazole rings is 1. The molecule has 1 fully saturated rings. The van der Waals surface area contributed by atoms with Gasteiger partial charge in [0.25, 0.3) is 5.91 Å². The van der Waals surface area contributed by atoms with Crippen molar-refractivity contribution in [2.45, 2.75) is 12.8 Å². The van der Waals surface area contributed by atoms with E-state index in [1.54, 1.807) is 29.5 Å². The average molecular weight is 393 g/mol. The van der Waals surface area contributed by atoms with E-state index in [9.17, 15) is 4.79 Å². The fraction of sp³-hybridized carbons (Fsp3) is 0.238. The topological polar surface area (TPSA) is 63.7 Å². The molecule has 0 bridgehead atoms. The maximum absolute atomic E-state index is 12.6. The second-order valence-electron chi connectivity index (χ2n) is 6.81. The first-order chi connectivity index (χ1) is 13.8. The minimum Gasteiger partial charge on any atom is -0.454 e. The van der Waals surface area contributed by atoms with Crippen molar-refractivity contribution < 1.29 is 14.3 Å². The number of carbonyl (C=O) groups is 1. The van der Waals surface area contributed by atoms with E-state index >= 15 is 0 Å². The molecule has 1 N–H and O–H groups in total. The molecule has 2 aliphatic rings. The smallest absolute Gasteiger partial charge is 0.255 e. The van der Waals surface area contributed by atoms with Gasteiger partial charge in [0.1, 0.15) is 0 Å². The van der Waals surface area contributed by atoms with Gasteiger partial charge in [0.05, 0.1) is 5.69 Å². The van der Waals surface area contributed by atoms with Crippen molar-refractivity contribution in [2.24, 2.45) is 0 Å². The molecule has 2 aromatic carbocycles. The number of ether oxygens (including phenoxy) is 2. The van der Waals surface area contributed by atoms with Crippen LogP contribution in [0.15, 0.2) is 47.8 Å². The van der Waals surface area contributed by atoms with E-state index in [1.165, 1.54) is 12.8 Å². The molecule has 0 unspecified atom stereocenters. The van der Waals surface area contributed by atoms with Gasteiger partial charge < -0.3 is 19.7 Å². The van der Waals surface area contributed by atoms with Crippen molar-refractivity contribution in [3.05, 3.63) is 53.4 Å². The Morgan fingerprint density at radius 2 is 1.93 bits per heavy atom. The number of nitrogens with one attached hydrogen (secondary N) is 1. The highest BCUT2D eigenvalue weighted by molar-refractivity contribution is 7.14. The van der Waals surface area contributed by atoms with Crippen molar-refractivity contribution >= 4 is 28.1 Å². The van der Waals surface area contributed by atoms with Crippen LogP contribution in [0.3, 0.4) is 0 Å². The molecule has 7 heteroatoms. The van der Waals surface area contributed by atoms with Crippen LogP contribution in [-0.4, -0.2) is 30.8 Å². The van der Waals surface area contributed by atoms with Crippen LogP contribution in [0.25, 0.3) is 11.3 Å². The molecule has 0 saturated carbocycles. The molecule has 142 valence electrons. The van der Waals surface area contributed by atoms with E-state index in [0.717, 1.165) is 35.2 Å². The summed E-state index contributed by atoms with van der Waals surface area (Å²) in [7, 11) is 0. The largest absolute Gasteiger partial charge is 0.454 e. The van der Waals surface area contributed by atoms with E-state index in [4.69, 9.17) is 14.5 Å². The Bertz CT molecular complexity index is 1030. The number of hydrogen-bond donors (Lipinski definition) is 1. The van der Waals surface area contributed by atoms with Gasteiger partial charge in [-0.3, -0.25) is 4.79 Å². The normalized spacial score (nSPS) is 15.1. The zero-order chi connectivity index (χ0) is 18.9. The summed E-state index contributed by atoms with van der Waals surface area (Å²) in [4.78, 5) is 19.7. The quantitative estimate of drug-likeness (QED) is 0.712. The summed E-state index contributed by atoms with van der Waals surface area (Å²) < 4.78 is 10.6. The minimum atomic E-state index is -0.188. The lowest BCUT2D eigenvalue weighted by Crippen LogP contribution is -2.17. The molecule has 0 radical (unpaired) electrons. The van der Waals surface area contributed by atoms with Gasteiger partial charge >= 0.3 is 0 Å². The van der Waals surface area contributed by atoms with Crippen molar-refractivity contribution in [3.8, 4) is 22.8 Å². The highest BCUT2D eigenvalue weighted by Crippen LogP contribution is 2.33. The maximum Gasteiger partial charge on any atom is 0.255 e. The van der Waals surface area contributed by atoms with Crippen LogP contribution in [0.5, 0.6) is 11.5 Å². The molecule has 3 heterocycles. The summed E-state index contributed by atoms with van der Waals surface area (Å²) >= 11 is 1.67. The van der Waals surface area contributed by atoms with Crippen molar-refractivity contribution in [2.75, 3.05) is 30.1 Å². The number of nitrogens with zero attached hydrogens (tertiary/aromatic N) is 2. The number of carbonyl (C=O) groups excluding carboxylic acids is 1. The minimum absolute atomic E-state index is 0.188. The van der Waals surface area contributed by atoms with E-state index in [0.29, 0.717) is 17.1 Å². The number of aromatic nitrogens is 1. The summed E-state index contributed by atoms with van der Waals surface area (Å²) in [6.07, 6.45) is 2.46. The number of anilines is 2. The van der Waals surface area contributed by atoms with Gasteiger partial charge in [-0.1, -0.05) is 12.1 Å². The summed E-state index contributed by atoms with van der Waals surface area (Å²) in [6, 6.07) is 13.0. The number of benzene rings is 2. The predicted molar refractivity (Wildman–Crippen MR) is 110 cm³/mol. The summed E-state index contributed by atoms with van der Waals surface area (Å²) in [5.41, 5.74) is 3.19. The molecule has 1 aromatic heterocycles. The third-order valence-corrected chi connectivity index (χ3v) is 5.82. The molecule has 3 aromatic rings. The zero-order valence-electron chi connectivity index (χ0n) is 15.2. The molecular formula is C21H19N3O3S. The molecule has 0 aliphatic carbocycles. The van der Waals surface area contributed by atoms with Gasteiger partial charge in [0.15, 0.2) is 16.6 Å². The molecule has 28 heavy (non-hydrogen) atoms. The van der Waals surface area contributed by atoms with Crippen LogP contribution in [0.4, 0.5) is 10.8 Å². The molecule has 1 amide bonds. The molecule has 2 aliphatic heterocycles. The van der Waals surface area contributed by atoms with Gasteiger partial charge in [-0.15, -0.1) is 11.3 Å². The Morgan fingerprint density at radius 1 is 1.07 bits per heavy atom. The zero-order valence-corrected chi connectivity index (χ0v) is 16.0. The summed E-state index contributed by atoms with van der Waals surface area (Å²) in [5, 5.41) is 6.10. The first kappa shape index (κ1) is 17.1. The van der Waals surface area contributed by atoms with Crippen LogP contribution in [0.2, 0.25) is 0 Å². The first-order valence-electron chi connectivity index (χ1n) is 9.28. The number of fused-ring (bicyclic) bond motifs is 1. The van der Waals surface area contributed by atoms with Gasteiger partial charge in [-0.2, -0.15) is 0 Å². The van der Waals surface area contributed by atoms with E-state index in [-0.39, 0.29) is 12.7 Å². The third-order valence-electron chi connectivity index (χ3n) is 4.92. The highest BCUT2D eigenvalue weighted by atomic mass is 32.1. The second kappa shape index (κ2) is 7.16. The molecule has 1 saturated heterocycles. The van der Waals surface area contributed by atoms with Crippen LogP contribution >= 0.6 is 11.3 Å². The maximum atomic E-state index is 12.6. The molecule has 0 atom stereocenters. The Morgan fingerprint density at radius 3 is 2.82 bits per heavy atom. The van der Waals surface area contributed by atoms with Gasteiger partial charge in [-0.05, 0) is 43.2 Å². The van der Waals surface area contributed by atoms with Gasteiger partial charge in [0.2, 0.25) is 6.79 Å². The average Bonchev–Trinajstić information content (AvgIpc) is 3.48. The SMILES string of the molecule is O=C(Nc1cccc(-c2csc(N3CCCC3)n2)c1)c1ccc2c(c1)OCO2. The van der Waals surface area contributed by atoms with Crippen LogP contribution in [0, 0.1) is 0 Å². The van der Waals surface area contributed by atoms with E-state index < -0.39 is 0 Å². The van der Waals surface area contributed by atoms with Gasteiger partial charge in [0, 0.05) is 35.3 Å². The number of rotatable bonds is 4. The van der Waals surface area contributed by atoms with Crippen LogP contribution in [0.1, 0.15) is 23.2 Å². The third kappa shape index (κ3) is 3.29. The Hall–Kier alpha value is -3.06. The fourth-order valence-electron chi connectivity index (χ4n) is 3.45. The van der Waals surface area contributed by atoms with Crippen molar-refractivity contribution in [1.29, 1.82) is 0 Å². The van der Waals surface area contributed by atoms with Crippen LogP contribution in [-0.2, 0) is 0 Å². The Kier molecular flexibility index (Phi) is 4.37. The summed E-state index contributed by atoms with van der Waals surface area (Å²) in [5.74, 6) is 1.07. The Balaban J connectivity index is 1.33. The predicted octanol–water partition coefficient (Wildman–Crippen LogP) is 4.39. The summed E-state index contributed by atoms with van der Waals surface area (Å²) in [6.45, 7) is 2.35. The standard InChI is InChI=1S/C21H19N3O3S/c25-20(15-6-7-18-19(11-15)27-13-26-18)22-16-5-3-4-14(10-16)17-12-28-21(23-17)24-8-1-2-9-24/h3-7,10-12H,1-2,8-9,13H2,(H,22,25). The Labute approximate surface area is 166 Å². The lowest BCUT2D eigenvalue weighted by Gasteiger charge is -2.12. The lowest BCUT2D eigenvalue weighted by molar-refractivity contribution is 0.102.